The van der Waals surface area contributed by atoms with Crippen LogP contribution in [0.3, 0.4) is 0 Å². The van der Waals surface area contributed by atoms with E-state index in [1.54, 1.807) is 19.4 Å². The van der Waals surface area contributed by atoms with Gasteiger partial charge >= 0.3 is 0 Å². The average Bonchev–Trinajstić information content (AvgIpc) is 2.10. The van der Waals surface area contributed by atoms with E-state index in [2.05, 4.69) is 31.1 Å². The Labute approximate surface area is 90.3 Å². The van der Waals surface area contributed by atoms with Crippen molar-refractivity contribution in [2.75, 3.05) is 11.9 Å². The van der Waals surface area contributed by atoms with Gasteiger partial charge in [-0.05, 0) is 11.8 Å². The Bertz CT molecular complexity index is 376. The molecule has 0 saturated heterocycles. The van der Waals surface area contributed by atoms with E-state index >= 15 is 0 Å². The van der Waals surface area contributed by atoms with Gasteiger partial charge in [0.15, 0.2) is 5.82 Å². The third-order valence-corrected chi connectivity index (χ3v) is 2.18. The lowest BCUT2D eigenvalue weighted by Gasteiger charge is -2.18. The summed E-state index contributed by atoms with van der Waals surface area (Å²) in [5, 5.41) is 3.07. The van der Waals surface area contributed by atoms with Gasteiger partial charge in [-0.1, -0.05) is 20.8 Å². The Morgan fingerprint density at radius 3 is 2.73 bits per heavy atom. The number of anilines is 1. The summed E-state index contributed by atoms with van der Waals surface area (Å²) in [6, 6.07) is 0. The molecule has 84 valence electrons. The summed E-state index contributed by atoms with van der Waals surface area (Å²) in [6.07, 6.45) is 4.28. The lowest BCUT2D eigenvalue weighted by Crippen LogP contribution is -2.23. The molecule has 4 nitrogen and oxygen atoms in total. The van der Waals surface area contributed by atoms with Crippen molar-refractivity contribution in [3.63, 3.8) is 0 Å². The predicted molar refractivity (Wildman–Crippen MR) is 62.0 cm³/mol. The molecule has 0 aromatic carbocycles. The number of aromatic nitrogens is 2. The molecule has 0 unspecified atom stereocenters. The van der Waals surface area contributed by atoms with Crippen molar-refractivity contribution in [1.29, 1.82) is 0 Å². The van der Waals surface area contributed by atoms with E-state index in [1.165, 1.54) is 4.57 Å². The van der Waals surface area contributed by atoms with E-state index in [9.17, 15) is 4.79 Å². The number of nitrogens with one attached hydrogen (secondary N) is 1. The zero-order valence-corrected chi connectivity index (χ0v) is 9.87. The first-order valence-electron chi connectivity index (χ1n) is 5.16. The summed E-state index contributed by atoms with van der Waals surface area (Å²) in [7, 11) is 1.72. The van der Waals surface area contributed by atoms with Crippen LogP contribution in [0, 0.1) is 5.41 Å². The van der Waals surface area contributed by atoms with Gasteiger partial charge in [0.1, 0.15) is 0 Å². The lowest BCUT2D eigenvalue weighted by atomic mass is 9.92. The fourth-order valence-corrected chi connectivity index (χ4v) is 1.17. The molecule has 15 heavy (non-hydrogen) atoms. The van der Waals surface area contributed by atoms with Gasteiger partial charge in [0.2, 0.25) is 0 Å². The lowest BCUT2D eigenvalue weighted by molar-refractivity contribution is 0.389. The molecule has 1 aromatic rings. The highest BCUT2D eigenvalue weighted by Gasteiger charge is 2.10. The zero-order valence-electron chi connectivity index (χ0n) is 9.87. The third-order valence-electron chi connectivity index (χ3n) is 2.18. The van der Waals surface area contributed by atoms with Gasteiger partial charge in [-0.3, -0.25) is 4.79 Å². The highest BCUT2D eigenvalue weighted by molar-refractivity contribution is 5.30. The van der Waals surface area contributed by atoms with E-state index < -0.39 is 0 Å². The standard InChI is InChI=1S/C11H19N3O/c1-11(2,3)5-6-12-9-10(15)14(4)8-7-13-9/h7-8H,5-6H2,1-4H3,(H,12,13). The van der Waals surface area contributed by atoms with Crippen LogP contribution in [0.4, 0.5) is 5.82 Å². The van der Waals surface area contributed by atoms with Gasteiger partial charge in [-0.15, -0.1) is 0 Å². The summed E-state index contributed by atoms with van der Waals surface area (Å²) < 4.78 is 1.52. The summed E-state index contributed by atoms with van der Waals surface area (Å²) in [5.41, 5.74) is 0.193. The van der Waals surface area contributed by atoms with Gasteiger partial charge in [0.25, 0.3) is 5.56 Å². The van der Waals surface area contributed by atoms with Gasteiger partial charge in [-0.25, -0.2) is 4.98 Å². The van der Waals surface area contributed by atoms with Crippen molar-refractivity contribution in [3.05, 3.63) is 22.7 Å². The first kappa shape index (κ1) is 11.8. The van der Waals surface area contributed by atoms with Crippen LogP contribution in [0.15, 0.2) is 17.2 Å². The molecule has 0 spiro atoms. The van der Waals surface area contributed by atoms with Crippen LogP contribution >= 0.6 is 0 Å². The maximum atomic E-state index is 11.6. The summed E-state index contributed by atoms with van der Waals surface area (Å²) >= 11 is 0. The molecular formula is C11H19N3O. The topological polar surface area (TPSA) is 46.9 Å². The maximum Gasteiger partial charge on any atom is 0.293 e. The molecule has 0 aliphatic heterocycles. The minimum atomic E-state index is -0.0774. The van der Waals surface area contributed by atoms with Gasteiger partial charge in [0, 0.05) is 26.0 Å². The maximum absolute atomic E-state index is 11.6. The highest BCUT2D eigenvalue weighted by atomic mass is 16.1. The molecule has 0 radical (unpaired) electrons. The molecule has 0 amide bonds. The molecule has 4 heteroatoms. The van der Waals surface area contributed by atoms with Crippen molar-refractivity contribution in [2.24, 2.45) is 12.5 Å². The second kappa shape index (κ2) is 4.47. The van der Waals surface area contributed by atoms with E-state index in [1.807, 2.05) is 0 Å². The Kier molecular flexibility index (Phi) is 3.50. The Morgan fingerprint density at radius 2 is 2.13 bits per heavy atom. The summed E-state index contributed by atoms with van der Waals surface area (Å²) in [6.45, 7) is 7.29. The molecule has 0 bridgehead atoms. The van der Waals surface area contributed by atoms with Crippen molar-refractivity contribution in [1.82, 2.24) is 9.55 Å². The van der Waals surface area contributed by atoms with E-state index in [4.69, 9.17) is 0 Å². The van der Waals surface area contributed by atoms with Gasteiger partial charge in [-0.2, -0.15) is 0 Å². The predicted octanol–water partition coefficient (Wildman–Crippen LogP) is 1.63. The molecule has 0 atom stereocenters. The molecular weight excluding hydrogens is 190 g/mol. The molecule has 0 aliphatic rings. The quantitative estimate of drug-likeness (QED) is 0.823. The fourth-order valence-electron chi connectivity index (χ4n) is 1.17. The minimum Gasteiger partial charge on any atom is -0.365 e. The van der Waals surface area contributed by atoms with Crippen LogP contribution in [-0.2, 0) is 7.05 Å². The first-order chi connectivity index (χ1) is 6.90. The van der Waals surface area contributed by atoms with Crippen molar-refractivity contribution in [2.45, 2.75) is 27.2 Å². The normalized spacial score (nSPS) is 11.5. The molecule has 1 heterocycles. The van der Waals surface area contributed by atoms with Crippen LogP contribution in [0.2, 0.25) is 0 Å². The average molecular weight is 209 g/mol. The zero-order chi connectivity index (χ0) is 11.5. The largest absolute Gasteiger partial charge is 0.365 e. The molecule has 1 N–H and O–H groups in total. The molecule has 0 aliphatic carbocycles. The van der Waals surface area contributed by atoms with Crippen molar-refractivity contribution in [3.8, 4) is 0 Å². The van der Waals surface area contributed by atoms with Gasteiger partial charge in [0.05, 0.1) is 0 Å². The minimum absolute atomic E-state index is 0.0774. The smallest absolute Gasteiger partial charge is 0.293 e. The Hall–Kier alpha value is -1.32. The molecule has 0 saturated carbocycles. The first-order valence-corrected chi connectivity index (χ1v) is 5.16. The number of rotatable bonds is 3. The monoisotopic (exact) mass is 209 g/mol. The highest BCUT2D eigenvalue weighted by Crippen LogP contribution is 2.17. The van der Waals surface area contributed by atoms with Crippen LogP contribution < -0.4 is 10.9 Å². The SMILES string of the molecule is Cn1ccnc(NCCC(C)(C)C)c1=O. The number of aryl methyl sites for hydroxylation is 1. The Morgan fingerprint density at radius 1 is 1.47 bits per heavy atom. The third kappa shape index (κ3) is 3.73. The van der Waals surface area contributed by atoms with Crippen LogP contribution in [-0.4, -0.2) is 16.1 Å². The van der Waals surface area contributed by atoms with Crippen LogP contribution in [0.1, 0.15) is 27.2 Å². The number of nitrogens with zero attached hydrogens (tertiary/aromatic N) is 2. The van der Waals surface area contributed by atoms with E-state index in [-0.39, 0.29) is 11.0 Å². The second-order valence-electron chi connectivity index (χ2n) is 4.93. The van der Waals surface area contributed by atoms with E-state index in [0.717, 1.165) is 13.0 Å². The number of hydrogen-bond acceptors (Lipinski definition) is 3. The molecule has 0 fully saturated rings. The van der Waals surface area contributed by atoms with Gasteiger partial charge < -0.3 is 9.88 Å². The van der Waals surface area contributed by atoms with Crippen molar-refractivity contribution < 1.29 is 0 Å². The number of hydrogen-bond donors (Lipinski definition) is 1. The molecule has 1 rings (SSSR count). The summed E-state index contributed by atoms with van der Waals surface area (Å²) in [5.74, 6) is 0.434. The van der Waals surface area contributed by atoms with Crippen molar-refractivity contribution >= 4 is 5.82 Å². The van der Waals surface area contributed by atoms with E-state index in [0.29, 0.717) is 5.82 Å². The fraction of sp³-hybridized carbons (Fsp3) is 0.636. The molecule has 1 aromatic heterocycles. The summed E-state index contributed by atoms with van der Waals surface area (Å²) in [4.78, 5) is 15.6. The second-order valence-corrected chi connectivity index (χ2v) is 4.93. The van der Waals surface area contributed by atoms with Crippen LogP contribution in [0.25, 0.3) is 0 Å². The van der Waals surface area contributed by atoms with Crippen LogP contribution in [0.5, 0.6) is 0 Å². The Balaban J connectivity index is 2.59.